The Bertz CT molecular complexity index is 558. The summed E-state index contributed by atoms with van der Waals surface area (Å²) in [6, 6.07) is 3.75. The summed E-state index contributed by atoms with van der Waals surface area (Å²) in [7, 11) is 1.77. The standard InChI is InChI=1S/C14H17N3O2/c1-9-13(11(3)19-16-9)14(18)17(4)10(2)12-6-5-7-15-8-12/h5-8,10H,1-4H3/t10-/m0/s1. The van der Waals surface area contributed by atoms with Gasteiger partial charge in [0.25, 0.3) is 5.91 Å². The highest BCUT2D eigenvalue weighted by Gasteiger charge is 2.24. The van der Waals surface area contributed by atoms with Gasteiger partial charge in [-0.15, -0.1) is 0 Å². The quantitative estimate of drug-likeness (QED) is 0.849. The van der Waals surface area contributed by atoms with Crippen molar-refractivity contribution in [2.24, 2.45) is 0 Å². The number of hydrogen-bond acceptors (Lipinski definition) is 4. The monoisotopic (exact) mass is 259 g/mol. The van der Waals surface area contributed by atoms with E-state index in [-0.39, 0.29) is 11.9 Å². The molecule has 1 amide bonds. The summed E-state index contributed by atoms with van der Waals surface area (Å²) >= 11 is 0. The predicted octanol–water partition coefficient (Wildman–Crippen LogP) is 2.52. The van der Waals surface area contributed by atoms with Gasteiger partial charge in [-0.05, 0) is 32.4 Å². The molecular weight excluding hydrogens is 242 g/mol. The summed E-state index contributed by atoms with van der Waals surface area (Å²) in [5, 5.41) is 3.82. The van der Waals surface area contributed by atoms with Gasteiger partial charge in [0.15, 0.2) is 0 Å². The van der Waals surface area contributed by atoms with Gasteiger partial charge in [-0.25, -0.2) is 0 Å². The molecule has 5 nitrogen and oxygen atoms in total. The molecular formula is C14H17N3O2. The van der Waals surface area contributed by atoms with Crippen LogP contribution in [0.4, 0.5) is 0 Å². The number of pyridine rings is 1. The Hall–Kier alpha value is -2.17. The van der Waals surface area contributed by atoms with Crippen molar-refractivity contribution in [2.75, 3.05) is 7.05 Å². The van der Waals surface area contributed by atoms with Gasteiger partial charge < -0.3 is 9.42 Å². The number of aromatic nitrogens is 2. The Morgan fingerprint density at radius 1 is 1.42 bits per heavy atom. The van der Waals surface area contributed by atoms with Crippen LogP contribution in [0.15, 0.2) is 29.0 Å². The molecule has 1 atom stereocenters. The molecule has 0 aliphatic rings. The first kappa shape index (κ1) is 13.3. The molecule has 2 aromatic rings. The highest BCUT2D eigenvalue weighted by Crippen LogP contribution is 2.22. The average Bonchev–Trinajstić information content (AvgIpc) is 2.77. The van der Waals surface area contributed by atoms with Gasteiger partial charge in [0, 0.05) is 19.4 Å². The van der Waals surface area contributed by atoms with E-state index in [0.717, 1.165) is 5.56 Å². The maximum absolute atomic E-state index is 12.5. The van der Waals surface area contributed by atoms with Crippen LogP contribution in [0.3, 0.4) is 0 Å². The molecule has 0 bridgehead atoms. The third-order valence-electron chi connectivity index (χ3n) is 3.32. The highest BCUT2D eigenvalue weighted by atomic mass is 16.5. The molecule has 0 saturated carbocycles. The van der Waals surface area contributed by atoms with Gasteiger partial charge in [-0.3, -0.25) is 9.78 Å². The molecule has 0 unspecified atom stereocenters. The summed E-state index contributed by atoms with van der Waals surface area (Å²) in [6.45, 7) is 5.48. The topological polar surface area (TPSA) is 59.2 Å². The normalized spacial score (nSPS) is 12.2. The summed E-state index contributed by atoms with van der Waals surface area (Å²) in [4.78, 5) is 18.2. The lowest BCUT2D eigenvalue weighted by Crippen LogP contribution is -2.30. The third kappa shape index (κ3) is 2.50. The van der Waals surface area contributed by atoms with Gasteiger partial charge in [-0.2, -0.15) is 0 Å². The largest absolute Gasteiger partial charge is 0.361 e. The van der Waals surface area contributed by atoms with Crippen molar-refractivity contribution < 1.29 is 9.32 Å². The van der Waals surface area contributed by atoms with E-state index in [1.54, 1.807) is 38.2 Å². The van der Waals surface area contributed by atoms with E-state index < -0.39 is 0 Å². The van der Waals surface area contributed by atoms with Crippen LogP contribution in [-0.4, -0.2) is 28.0 Å². The summed E-state index contributed by atoms with van der Waals surface area (Å²) in [5.74, 6) is 0.459. The zero-order valence-electron chi connectivity index (χ0n) is 11.5. The molecule has 100 valence electrons. The first-order valence-electron chi connectivity index (χ1n) is 6.12. The smallest absolute Gasteiger partial charge is 0.259 e. The summed E-state index contributed by atoms with van der Waals surface area (Å²) in [5.41, 5.74) is 2.15. The molecule has 0 aliphatic carbocycles. The number of amides is 1. The fourth-order valence-corrected chi connectivity index (χ4v) is 1.99. The van der Waals surface area contributed by atoms with Crippen LogP contribution in [0.1, 0.15) is 40.3 Å². The molecule has 0 aliphatic heterocycles. The van der Waals surface area contributed by atoms with Crippen molar-refractivity contribution in [3.63, 3.8) is 0 Å². The molecule has 0 aromatic carbocycles. The van der Waals surface area contributed by atoms with Gasteiger partial charge >= 0.3 is 0 Å². The van der Waals surface area contributed by atoms with E-state index >= 15 is 0 Å². The number of aryl methyl sites for hydroxylation is 2. The van der Waals surface area contributed by atoms with Crippen molar-refractivity contribution >= 4 is 5.91 Å². The van der Waals surface area contributed by atoms with Gasteiger partial charge in [0.2, 0.25) is 0 Å². The van der Waals surface area contributed by atoms with E-state index in [0.29, 0.717) is 17.0 Å². The molecule has 0 N–H and O–H groups in total. The Morgan fingerprint density at radius 2 is 2.16 bits per heavy atom. The Morgan fingerprint density at radius 3 is 2.68 bits per heavy atom. The van der Waals surface area contributed by atoms with Crippen LogP contribution in [0, 0.1) is 13.8 Å². The van der Waals surface area contributed by atoms with Crippen molar-refractivity contribution in [3.05, 3.63) is 47.1 Å². The lowest BCUT2D eigenvalue weighted by Gasteiger charge is -2.25. The Kier molecular flexibility index (Phi) is 3.64. The minimum absolute atomic E-state index is 0.0603. The van der Waals surface area contributed by atoms with Crippen LogP contribution < -0.4 is 0 Å². The predicted molar refractivity (Wildman–Crippen MR) is 70.7 cm³/mol. The molecule has 0 spiro atoms. The molecule has 0 saturated heterocycles. The fourth-order valence-electron chi connectivity index (χ4n) is 1.99. The highest BCUT2D eigenvalue weighted by molar-refractivity contribution is 5.96. The number of hydrogen-bond donors (Lipinski definition) is 0. The van der Waals surface area contributed by atoms with Gasteiger partial charge in [-0.1, -0.05) is 11.2 Å². The lowest BCUT2D eigenvalue weighted by atomic mass is 10.1. The van der Waals surface area contributed by atoms with E-state index in [1.165, 1.54) is 0 Å². The average molecular weight is 259 g/mol. The molecule has 2 heterocycles. The third-order valence-corrected chi connectivity index (χ3v) is 3.32. The number of nitrogens with zero attached hydrogens (tertiary/aromatic N) is 3. The summed E-state index contributed by atoms with van der Waals surface area (Å²) in [6.07, 6.45) is 3.48. The van der Waals surface area contributed by atoms with Crippen molar-refractivity contribution in [3.8, 4) is 0 Å². The maximum Gasteiger partial charge on any atom is 0.259 e. The molecule has 2 aromatic heterocycles. The second-order valence-electron chi connectivity index (χ2n) is 4.58. The van der Waals surface area contributed by atoms with Crippen LogP contribution in [0.5, 0.6) is 0 Å². The first-order chi connectivity index (χ1) is 9.02. The van der Waals surface area contributed by atoms with Crippen molar-refractivity contribution in [2.45, 2.75) is 26.8 Å². The zero-order chi connectivity index (χ0) is 14.0. The summed E-state index contributed by atoms with van der Waals surface area (Å²) < 4.78 is 5.04. The van der Waals surface area contributed by atoms with Gasteiger partial charge in [0.1, 0.15) is 11.3 Å². The maximum atomic E-state index is 12.5. The minimum atomic E-state index is -0.0902. The molecule has 5 heteroatoms. The van der Waals surface area contributed by atoms with Crippen LogP contribution >= 0.6 is 0 Å². The first-order valence-corrected chi connectivity index (χ1v) is 6.12. The Labute approximate surface area is 112 Å². The molecule has 2 rings (SSSR count). The second kappa shape index (κ2) is 5.22. The SMILES string of the molecule is Cc1noc(C)c1C(=O)N(C)[C@@H](C)c1cccnc1. The van der Waals surface area contributed by atoms with Crippen LogP contribution in [-0.2, 0) is 0 Å². The zero-order valence-corrected chi connectivity index (χ0v) is 11.5. The number of carbonyl (C=O) groups excluding carboxylic acids is 1. The van der Waals surface area contributed by atoms with E-state index in [9.17, 15) is 4.79 Å². The molecule has 0 radical (unpaired) electrons. The van der Waals surface area contributed by atoms with E-state index in [1.807, 2.05) is 19.1 Å². The van der Waals surface area contributed by atoms with E-state index in [2.05, 4.69) is 10.1 Å². The molecule has 19 heavy (non-hydrogen) atoms. The van der Waals surface area contributed by atoms with Crippen LogP contribution in [0.2, 0.25) is 0 Å². The van der Waals surface area contributed by atoms with Crippen molar-refractivity contribution in [1.82, 2.24) is 15.0 Å². The number of carbonyl (C=O) groups is 1. The number of rotatable bonds is 3. The van der Waals surface area contributed by atoms with E-state index in [4.69, 9.17) is 4.52 Å². The minimum Gasteiger partial charge on any atom is -0.361 e. The Balaban J connectivity index is 2.25. The van der Waals surface area contributed by atoms with Crippen LogP contribution in [0.25, 0.3) is 0 Å². The second-order valence-corrected chi connectivity index (χ2v) is 4.58. The van der Waals surface area contributed by atoms with Crippen molar-refractivity contribution in [1.29, 1.82) is 0 Å². The lowest BCUT2D eigenvalue weighted by molar-refractivity contribution is 0.0740. The van der Waals surface area contributed by atoms with Gasteiger partial charge in [0.05, 0.1) is 11.7 Å². The molecule has 0 fully saturated rings. The fraction of sp³-hybridized carbons (Fsp3) is 0.357.